The molecule has 1 aromatic carbocycles. The van der Waals surface area contributed by atoms with Crippen LogP contribution in [0.1, 0.15) is 25.8 Å². The average Bonchev–Trinajstić information content (AvgIpc) is 2.61. The van der Waals surface area contributed by atoms with Crippen molar-refractivity contribution in [2.75, 3.05) is 45.9 Å². The second kappa shape index (κ2) is 10.4. The van der Waals surface area contributed by atoms with E-state index < -0.39 is 0 Å². The highest BCUT2D eigenvalue weighted by Crippen LogP contribution is 2.10. The van der Waals surface area contributed by atoms with E-state index in [1.165, 1.54) is 5.56 Å². The fourth-order valence-corrected chi connectivity index (χ4v) is 2.96. The number of rotatable bonds is 9. The highest BCUT2D eigenvalue weighted by Gasteiger charge is 2.21. The zero-order valence-electron chi connectivity index (χ0n) is 15.0. The first kappa shape index (κ1) is 18.9. The Bertz CT molecular complexity index is 475. The minimum Gasteiger partial charge on any atom is -0.379 e. The van der Waals surface area contributed by atoms with Crippen LogP contribution in [-0.4, -0.2) is 67.7 Å². The predicted molar refractivity (Wildman–Crippen MR) is 96.9 cm³/mol. The highest BCUT2D eigenvalue weighted by molar-refractivity contribution is 5.78. The van der Waals surface area contributed by atoms with Gasteiger partial charge in [0.25, 0.3) is 0 Å². The molecule has 1 saturated heterocycles. The minimum atomic E-state index is 0.113. The van der Waals surface area contributed by atoms with Gasteiger partial charge >= 0.3 is 0 Å². The maximum Gasteiger partial charge on any atom is 0.234 e. The molecular formula is C19H31N3O2. The smallest absolute Gasteiger partial charge is 0.234 e. The summed E-state index contributed by atoms with van der Waals surface area (Å²) in [6.45, 7) is 10.8. The summed E-state index contributed by atoms with van der Waals surface area (Å²) in [4.78, 5) is 16.9. The van der Waals surface area contributed by atoms with Gasteiger partial charge in [0, 0.05) is 38.8 Å². The fraction of sp³-hybridized carbons (Fsp3) is 0.632. The number of carbonyl (C=O) groups excluding carboxylic acids is 1. The van der Waals surface area contributed by atoms with E-state index in [0.29, 0.717) is 12.6 Å². The fourth-order valence-electron chi connectivity index (χ4n) is 2.96. The number of benzene rings is 1. The van der Waals surface area contributed by atoms with E-state index >= 15 is 0 Å². The van der Waals surface area contributed by atoms with Gasteiger partial charge in [0.05, 0.1) is 19.8 Å². The van der Waals surface area contributed by atoms with Crippen LogP contribution in [0.15, 0.2) is 30.3 Å². The average molecular weight is 333 g/mol. The molecule has 2 rings (SSSR count). The lowest BCUT2D eigenvalue weighted by Crippen LogP contribution is -2.48. The lowest BCUT2D eigenvalue weighted by atomic mass is 10.1. The number of ether oxygens (including phenoxy) is 1. The van der Waals surface area contributed by atoms with E-state index in [4.69, 9.17) is 4.74 Å². The first-order valence-electron chi connectivity index (χ1n) is 9.03. The van der Waals surface area contributed by atoms with E-state index in [1.54, 1.807) is 0 Å². The Balaban J connectivity index is 1.95. The number of hydrogen-bond acceptors (Lipinski definition) is 4. The van der Waals surface area contributed by atoms with E-state index in [9.17, 15) is 4.79 Å². The van der Waals surface area contributed by atoms with E-state index in [-0.39, 0.29) is 5.91 Å². The van der Waals surface area contributed by atoms with Gasteiger partial charge in [0.15, 0.2) is 0 Å². The summed E-state index contributed by atoms with van der Waals surface area (Å²) in [5, 5.41) is 2.99. The lowest BCUT2D eigenvalue weighted by Gasteiger charge is -2.34. The third kappa shape index (κ3) is 6.59. The van der Waals surface area contributed by atoms with Crippen LogP contribution in [0.5, 0.6) is 0 Å². The molecule has 0 aromatic heterocycles. The Morgan fingerprint density at radius 2 is 2.00 bits per heavy atom. The van der Waals surface area contributed by atoms with Crippen molar-refractivity contribution in [3.8, 4) is 0 Å². The molecule has 0 spiro atoms. The Hall–Kier alpha value is -1.43. The van der Waals surface area contributed by atoms with Crippen LogP contribution in [0, 0.1) is 0 Å². The zero-order valence-corrected chi connectivity index (χ0v) is 15.0. The standard InChI is InChI=1S/C19H31N3O2/c1-3-9-20-19(23)16-22(15-18-7-5-4-6-8-18)17(2)14-21-10-12-24-13-11-21/h4-8,17H,3,9-16H2,1-2H3,(H,20,23)/t17-/m0/s1. The summed E-state index contributed by atoms with van der Waals surface area (Å²) in [6.07, 6.45) is 0.966. The van der Waals surface area contributed by atoms with E-state index in [0.717, 1.165) is 52.4 Å². The van der Waals surface area contributed by atoms with Crippen LogP contribution >= 0.6 is 0 Å². The van der Waals surface area contributed by atoms with Crippen molar-refractivity contribution >= 4 is 5.91 Å². The summed E-state index contributed by atoms with van der Waals surface area (Å²) in [7, 11) is 0. The molecular weight excluding hydrogens is 302 g/mol. The molecule has 0 bridgehead atoms. The maximum absolute atomic E-state index is 12.2. The summed E-state index contributed by atoms with van der Waals surface area (Å²) >= 11 is 0. The zero-order chi connectivity index (χ0) is 17.2. The minimum absolute atomic E-state index is 0.113. The number of nitrogens with one attached hydrogen (secondary N) is 1. The van der Waals surface area contributed by atoms with Crippen LogP contribution in [0.3, 0.4) is 0 Å². The number of amides is 1. The van der Waals surface area contributed by atoms with Crippen molar-refractivity contribution in [1.29, 1.82) is 0 Å². The SMILES string of the molecule is CCCNC(=O)CN(Cc1ccccc1)[C@@H](C)CN1CCOCC1. The van der Waals surface area contributed by atoms with Gasteiger partial charge in [-0.1, -0.05) is 37.3 Å². The normalized spacial score (nSPS) is 17.0. The molecule has 1 atom stereocenters. The molecule has 0 unspecified atom stereocenters. The van der Waals surface area contributed by atoms with Crippen LogP contribution in [0.2, 0.25) is 0 Å². The first-order chi connectivity index (χ1) is 11.7. The molecule has 0 saturated carbocycles. The van der Waals surface area contributed by atoms with Crippen LogP contribution in [-0.2, 0) is 16.1 Å². The Morgan fingerprint density at radius 3 is 2.67 bits per heavy atom. The van der Waals surface area contributed by atoms with E-state index in [2.05, 4.69) is 53.2 Å². The first-order valence-corrected chi connectivity index (χ1v) is 9.03. The van der Waals surface area contributed by atoms with Crippen molar-refractivity contribution in [3.05, 3.63) is 35.9 Å². The highest BCUT2D eigenvalue weighted by atomic mass is 16.5. The van der Waals surface area contributed by atoms with Crippen molar-refractivity contribution in [2.45, 2.75) is 32.9 Å². The van der Waals surface area contributed by atoms with Gasteiger partial charge in [-0.2, -0.15) is 0 Å². The largest absolute Gasteiger partial charge is 0.379 e. The topological polar surface area (TPSA) is 44.8 Å². The second-order valence-corrected chi connectivity index (χ2v) is 6.50. The molecule has 0 radical (unpaired) electrons. The van der Waals surface area contributed by atoms with Gasteiger partial charge in [0.1, 0.15) is 0 Å². The third-order valence-corrected chi connectivity index (χ3v) is 4.40. The van der Waals surface area contributed by atoms with Gasteiger partial charge in [-0.15, -0.1) is 0 Å². The lowest BCUT2D eigenvalue weighted by molar-refractivity contribution is -0.123. The van der Waals surface area contributed by atoms with Crippen molar-refractivity contribution < 1.29 is 9.53 Å². The summed E-state index contributed by atoms with van der Waals surface area (Å²) in [6, 6.07) is 10.7. The molecule has 134 valence electrons. The molecule has 0 aliphatic carbocycles. The van der Waals surface area contributed by atoms with Gasteiger partial charge in [-0.05, 0) is 18.9 Å². The van der Waals surface area contributed by atoms with Gasteiger partial charge in [-0.25, -0.2) is 0 Å². The molecule has 1 N–H and O–H groups in total. The predicted octanol–water partition coefficient (Wildman–Crippen LogP) is 1.74. The molecule has 1 aliphatic heterocycles. The molecule has 5 heteroatoms. The molecule has 1 fully saturated rings. The third-order valence-electron chi connectivity index (χ3n) is 4.40. The maximum atomic E-state index is 12.2. The number of morpholine rings is 1. The summed E-state index contributed by atoms with van der Waals surface area (Å²) in [5.41, 5.74) is 1.25. The van der Waals surface area contributed by atoms with Crippen molar-refractivity contribution in [1.82, 2.24) is 15.1 Å². The molecule has 1 heterocycles. The number of carbonyl (C=O) groups is 1. The number of nitrogens with zero attached hydrogens (tertiary/aromatic N) is 2. The van der Waals surface area contributed by atoms with Gasteiger partial charge in [-0.3, -0.25) is 14.6 Å². The van der Waals surface area contributed by atoms with Gasteiger partial charge in [0.2, 0.25) is 5.91 Å². The van der Waals surface area contributed by atoms with E-state index in [1.807, 2.05) is 6.07 Å². The van der Waals surface area contributed by atoms with Crippen LogP contribution in [0.25, 0.3) is 0 Å². The number of hydrogen-bond donors (Lipinski definition) is 1. The van der Waals surface area contributed by atoms with Crippen molar-refractivity contribution in [3.63, 3.8) is 0 Å². The van der Waals surface area contributed by atoms with Gasteiger partial charge < -0.3 is 10.1 Å². The monoisotopic (exact) mass is 333 g/mol. The molecule has 5 nitrogen and oxygen atoms in total. The summed E-state index contributed by atoms with van der Waals surface area (Å²) < 4.78 is 5.43. The Kier molecular flexibility index (Phi) is 8.22. The van der Waals surface area contributed by atoms with Crippen molar-refractivity contribution in [2.24, 2.45) is 0 Å². The summed E-state index contributed by atoms with van der Waals surface area (Å²) in [5.74, 6) is 0.113. The van der Waals surface area contributed by atoms with Crippen LogP contribution in [0.4, 0.5) is 0 Å². The van der Waals surface area contributed by atoms with Crippen LogP contribution < -0.4 is 5.32 Å². The quantitative estimate of drug-likeness (QED) is 0.748. The Morgan fingerprint density at radius 1 is 1.29 bits per heavy atom. The molecule has 24 heavy (non-hydrogen) atoms. The molecule has 1 aromatic rings. The Labute approximate surface area is 146 Å². The second-order valence-electron chi connectivity index (χ2n) is 6.50. The molecule has 1 amide bonds. The molecule has 1 aliphatic rings.